The maximum Gasteiger partial charge on any atom is 0.244 e. The topological polar surface area (TPSA) is 86.8 Å². The van der Waals surface area contributed by atoms with E-state index < -0.39 is 34.4 Å². The smallest absolute Gasteiger partial charge is 0.244 e. The van der Waals surface area contributed by atoms with E-state index in [0.717, 1.165) is 16.1 Å². The third-order valence-electron chi connectivity index (χ3n) is 5.87. The van der Waals surface area contributed by atoms with Crippen LogP contribution in [0.25, 0.3) is 0 Å². The van der Waals surface area contributed by atoms with Gasteiger partial charge in [-0.3, -0.25) is 13.9 Å². The average Bonchev–Trinajstić information content (AvgIpc) is 2.86. The van der Waals surface area contributed by atoms with Gasteiger partial charge >= 0.3 is 0 Å². The number of sulfonamides is 1. The minimum Gasteiger partial charge on any atom is -0.355 e. The van der Waals surface area contributed by atoms with E-state index >= 15 is 0 Å². The number of carbonyl (C=O) groups is 2. The predicted molar refractivity (Wildman–Crippen MR) is 158 cm³/mol. The van der Waals surface area contributed by atoms with Gasteiger partial charge in [0.25, 0.3) is 0 Å². The highest BCUT2D eigenvalue weighted by atomic mass is 35.5. The first kappa shape index (κ1) is 31.0. The number of amides is 2. The molecule has 0 saturated heterocycles. The number of halogens is 4. The minimum absolute atomic E-state index is 0.0472. The van der Waals surface area contributed by atoms with Crippen LogP contribution in [0.1, 0.15) is 18.1 Å². The summed E-state index contributed by atoms with van der Waals surface area (Å²) in [7, 11) is -3.98. The second-order valence-corrected chi connectivity index (χ2v) is 12.3. The van der Waals surface area contributed by atoms with Gasteiger partial charge in [-0.05, 0) is 42.8 Å². The highest BCUT2D eigenvalue weighted by Gasteiger charge is 2.34. The summed E-state index contributed by atoms with van der Waals surface area (Å²) < 4.78 is 26.5. The van der Waals surface area contributed by atoms with Crippen LogP contribution in [0.5, 0.6) is 0 Å². The van der Waals surface area contributed by atoms with Gasteiger partial charge in [-0.25, -0.2) is 8.42 Å². The van der Waals surface area contributed by atoms with Crippen LogP contribution in [0.15, 0.2) is 66.7 Å². The monoisotopic (exact) mass is 629 g/mol. The summed E-state index contributed by atoms with van der Waals surface area (Å²) >= 11 is 25.2. The third-order valence-corrected chi connectivity index (χ3v) is 8.24. The van der Waals surface area contributed by atoms with Crippen molar-refractivity contribution in [1.82, 2.24) is 10.2 Å². The highest BCUT2D eigenvalue weighted by Crippen LogP contribution is 2.31. The lowest BCUT2D eigenvalue weighted by Gasteiger charge is -2.34. The molecule has 0 fully saturated rings. The molecule has 1 N–H and O–H groups in total. The molecule has 0 radical (unpaired) electrons. The van der Waals surface area contributed by atoms with E-state index in [1.54, 1.807) is 25.1 Å². The Morgan fingerprint density at radius 3 is 2.10 bits per heavy atom. The Balaban J connectivity index is 2.10. The molecule has 39 heavy (non-hydrogen) atoms. The van der Waals surface area contributed by atoms with Gasteiger partial charge in [0, 0.05) is 40.1 Å². The maximum atomic E-state index is 14.0. The zero-order valence-electron chi connectivity index (χ0n) is 21.2. The van der Waals surface area contributed by atoms with Gasteiger partial charge in [0.05, 0.1) is 17.0 Å². The van der Waals surface area contributed by atoms with Crippen LogP contribution in [-0.2, 0) is 32.6 Å². The first-order valence-electron chi connectivity index (χ1n) is 11.9. The largest absolute Gasteiger partial charge is 0.355 e. The molecular weight excluding hydrogens is 604 g/mol. The van der Waals surface area contributed by atoms with Gasteiger partial charge in [0.15, 0.2) is 0 Å². The molecular formula is C27H27Cl4N3O4S. The Morgan fingerprint density at radius 2 is 1.54 bits per heavy atom. The van der Waals surface area contributed by atoms with Crippen LogP contribution in [0.4, 0.5) is 5.69 Å². The van der Waals surface area contributed by atoms with E-state index in [-0.39, 0.29) is 23.7 Å². The van der Waals surface area contributed by atoms with Crippen molar-refractivity contribution in [2.75, 3.05) is 23.7 Å². The van der Waals surface area contributed by atoms with Crippen LogP contribution in [0.3, 0.4) is 0 Å². The molecule has 0 aliphatic rings. The number of likely N-dealkylation sites (N-methyl/N-ethyl adjacent to an activating group) is 1. The fraction of sp³-hybridized carbons (Fsp3) is 0.259. The van der Waals surface area contributed by atoms with Crippen molar-refractivity contribution >= 4 is 73.9 Å². The Labute approximate surface area is 248 Å². The van der Waals surface area contributed by atoms with Crippen molar-refractivity contribution in [3.63, 3.8) is 0 Å². The number of anilines is 1. The number of benzene rings is 3. The van der Waals surface area contributed by atoms with Gasteiger partial charge in [-0.2, -0.15) is 0 Å². The molecule has 3 aromatic carbocycles. The van der Waals surface area contributed by atoms with Crippen LogP contribution in [0, 0.1) is 0 Å². The number of nitrogens with one attached hydrogen (secondary N) is 1. The van der Waals surface area contributed by atoms with Crippen LogP contribution in [0.2, 0.25) is 20.1 Å². The molecule has 0 saturated carbocycles. The van der Waals surface area contributed by atoms with Crippen molar-refractivity contribution in [2.45, 2.75) is 25.9 Å². The molecule has 3 rings (SSSR count). The van der Waals surface area contributed by atoms with Crippen LogP contribution in [-0.4, -0.2) is 50.5 Å². The molecule has 0 aromatic heterocycles. The second kappa shape index (κ2) is 13.7. The quantitative estimate of drug-likeness (QED) is 0.288. The normalized spacial score (nSPS) is 12.1. The minimum atomic E-state index is -3.98. The van der Waals surface area contributed by atoms with Crippen molar-refractivity contribution in [3.05, 3.63) is 97.9 Å². The molecule has 0 aliphatic carbocycles. The molecule has 1 atom stereocenters. The lowest BCUT2D eigenvalue weighted by Crippen LogP contribution is -2.53. The van der Waals surface area contributed by atoms with E-state index in [0.29, 0.717) is 27.2 Å². The third kappa shape index (κ3) is 8.25. The molecule has 3 aromatic rings. The summed E-state index contributed by atoms with van der Waals surface area (Å²) in [4.78, 5) is 28.7. The van der Waals surface area contributed by atoms with Crippen LogP contribution >= 0.6 is 46.4 Å². The summed E-state index contributed by atoms with van der Waals surface area (Å²) in [6.45, 7) is 1.32. The number of nitrogens with zero attached hydrogens (tertiary/aromatic N) is 2. The molecule has 7 nitrogen and oxygen atoms in total. The van der Waals surface area contributed by atoms with Gasteiger partial charge in [0.2, 0.25) is 21.8 Å². The molecule has 12 heteroatoms. The van der Waals surface area contributed by atoms with E-state index in [1.165, 1.54) is 23.1 Å². The first-order chi connectivity index (χ1) is 18.4. The fourth-order valence-electron chi connectivity index (χ4n) is 3.98. The summed E-state index contributed by atoms with van der Waals surface area (Å²) in [5.74, 6) is -1.07. The summed E-state index contributed by atoms with van der Waals surface area (Å²) in [5, 5.41) is 3.73. The molecule has 2 amide bonds. The number of hydrogen-bond donors (Lipinski definition) is 1. The number of rotatable bonds is 11. The van der Waals surface area contributed by atoms with E-state index in [4.69, 9.17) is 46.4 Å². The Bertz CT molecular complexity index is 1420. The zero-order valence-corrected chi connectivity index (χ0v) is 25.0. The summed E-state index contributed by atoms with van der Waals surface area (Å²) in [6, 6.07) is 17.4. The van der Waals surface area contributed by atoms with Gasteiger partial charge in [-0.15, -0.1) is 0 Å². The van der Waals surface area contributed by atoms with Crippen LogP contribution < -0.4 is 9.62 Å². The Kier molecular flexibility index (Phi) is 10.9. The van der Waals surface area contributed by atoms with E-state index in [1.807, 2.05) is 30.3 Å². The molecule has 0 aliphatic heterocycles. The van der Waals surface area contributed by atoms with E-state index in [9.17, 15) is 18.0 Å². The number of hydrogen-bond acceptors (Lipinski definition) is 4. The molecule has 0 spiro atoms. The van der Waals surface area contributed by atoms with Gasteiger partial charge in [-0.1, -0.05) is 82.8 Å². The van der Waals surface area contributed by atoms with Crippen molar-refractivity contribution in [3.8, 4) is 0 Å². The van der Waals surface area contributed by atoms with Crippen molar-refractivity contribution in [1.29, 1.82) is 0 Å². The maximum absolute atomic E-state index is 14.0. The SMILES string of the molecule is CCNC(=O)C(Cc1ccccc1)N(Cc1c(Cl)cccc1Cl)C(=O)CN(c1ccc(Cl)cc1Cl)S(C)(=O)=O. The molecule has 0 heterocycles. The number of carbonyl (C=O) groups excluding carboxylic acids is 2. The summed E-state index contributed by atoms with van der Waals surface area (Å²) in [5.41, 5.74) is 1.30. The van der Waals surface area contributed by atoms with Crippen molar-refractivity contribution in [2.24, 2.45) is 0 Å². The fourth-order valence-corrected chi connectivity index (χ4v) is 5.92. The summed E-state index contributed by atoms with van der Waals surface area (Å²) in [6.07, 6.45) is 1.13. The Hall–Kier alpha value is -2.49. The molecule has 1 unspecified atom stereocenters. The van der Waals surface area contributed by atoms with Crippen molar-refractivity contribution < 1.29 is 18.0 Å². The average molecular weight is 631 g/mol. The lowest BCUT2D eigenvalue weighted by molar-refractivity contribution is -0.140. The van der Waals surface area contributed by atoms with Gasteiger partial charge < -0.3 is 10.2 Å². The standard InChI is InChI=1S/C27H27Cl4N3O4S/c1-3-32-27(36)25(14-18-8-5-4-6-9-18)33(16-20-21(29)10-7-11-22(20)30)26(35)17-34(39(2,37)38)24-13-12-19(28)15-23(24)31/h4-13,15,25H,3,14,16-17H2,1-2H3,(H,32,36). The molecule has 208 valence electrons. The molecule has 0 bridgehead atoms. The highest BCUT2D eigenvalue weighted by molar-refractivity contribution is 7.92. The lowest BCUT2D eigenvalue weighted by atomic mass is 10.0. The van der Waals surface area contributed by atoms with E-state index in [2.05, 4.69) is 5.32 Å². The second-order valence-electron chi connectivity index (χ2n) is 8.69. The predicted octanol–water partition coefficient (Wildman–Crippen LogP) is 5.84. The first-order valence-corrected chi connectivity index (χ1v) is 15.2. The Morgan fingerprint density at radius 1 is 0.897 bits per heavy atom. The zero-order chi connectivity index (χ0) is 28.7. The van der Waals surface area contributed by atoms with Gasteiger partial charge in [0.1, 0.15) is 12.6 Å².